The van der Waals surface area contributed by atoms with Crippen LogP contribution in [0.4, 0.5) is 0 Å². The maximum Gasteiger partial charge on any atom is 0.236 e. The van der Waals surface area contributed by atoms with E-state index in [9.17, 15) is 4.79 Å². The lowest BCUT2D eigenvalue weighted by Crippen LogP contribution is -2.16. The van der Waals surface area contributed by atoms with Crippen molar-refractivity contribution in [3.8, 4) is 5.88 Å². The molecular weight excluding hydrogens is 248 g/mol. The van der Waals surface area contributed by atoms with Crippen molar-refractivity contribution in [1.29, 1.82) is 0 Å². The molecule has 1 aromatic heterocycles. The molecule has 1 saturated heterocycles. The van der Waals surface area contributed by atoms with Gasteiger partial charge in [0.25, 0.3) is 0 Å². The van der Waals surface area contributed by atoms with Crippen LogP contribution in [-0.4, -0.2) is 47.6 Å². The fourth-order valence-corrected chi connectivity index (χ4v) is 1.93. The van der Waals surface area contributed by atoms with E-state index >= 15 is 0 Å². The highest BCUT2D eigenvalue weighted by atomic mass is 16.5. The van der Waals surface area contributed by atoms with Crippen LogP contribution in [0.3, 0.4) is 0 Å². The van der Waals surface area contributed by atoms with Crippen LogP contribution >= 0.6 is 0 Å². The van der Waals surface area contributed by atoms with Crippen molar-refractivity contribution in [3.05, 3.63) is 11.8 Å². The van der Waals surface area contributed by atoms with Crippen molar-refractivity contribution >= 4 is 6.29 Å². The van der Waals surface area contributed by atoms with Gasteiger partial charge in [-0.25, -0.2) is 0 Å². The Hall–Kier alpha value is -1.40. The highest BCUT2D eigenvalue weighted by Gasteiger charge is 2.20. The molecule has 0 aliphatic carbocycles. The summed E-state index contributed by atoms with van der Waals surface area (Å²) in [7, 11) is 2.88. The number of rotatable bonds is 6. The van der Waals surface area contributed by atoms with Gasteiger partial charge >= 0.3 is 0 Å². The average Bonchev–Trinajstić information content (AvgIpc) is 3.03. The van der Waals surface area contributed by atoms with Crippen LogP contribution in [0.5, 0.6) is 5.88 Å². The number of unbranched alkanes of at least 4 members (excludes halogenated alkanes) is 1. The first-order valence-electron chi connectivity index (χ1n) is 6.45. The number of ether oxygens (including phenoxy) is 2. The summed E-state index contributed by atoms with van der Waals surface area (Å²) < 4.78 is 12.8. The number of hydrogen-bond acceptors (Lipinski definition) is 5. The molecule has 6 heteroatoms. The standard InChI is InChI=1S/C12H18N2O3.CH4O/c1-14-8-10(4-2-3-6-15)12(13-14)17-11-5-7-16-9-11;1-2/h6,8,11H,2-5,7,9H2,1H3;2H,1H3. The van der Waals surface area contributed by atoms with Gasteiger partial charge in [0, 0.05) is 38.8 Å². The molecule has 1 unspecified atom stereocenters. The molecule has 0 bridgehead atoms. The van der Waals surface area contributed by atoms with Crippen molar-refractivity contribution in [2.75, 3.05) is 20.3 Å². The number of aldehydes is 1. The molecule has 2 heterocycles. The van der Waals surface area contributed by atoms with Crippen LogP contribution in [0.15, 0.2) is 6.20 Å². The number of carbonyl (C=O) groups excluding carboxylic acids is 1. The van der Waals surface area contributed by atoms with Gasteiger partial charge in [-0.3, -0.25) is 4.68 Å². The molecule has 6 nitrogen and oxygen atoms in total. The molecule has 2 rings (SSSR count). The largest absolute Gasteiger partial charge is 0.471 e. The predicted octanol–water partition coefficient (Wildman–Crippen LogP) is 0.718. The Labute approximate surface area is 113 Å². The lowest BCUT2D eigenvalue weighted by molar-refractivity contribution is -0.107. The van der Waals surface area contributed by atoms with Crippen molar-refractivity contribution < 1.29 is 19.4 Å². The smallest absolute Gasteiger partial charge is 0.236 e. The normalized spacial score (nSPS) is 17.7. The molecule has 19 heavy (non-hydrogen) atoms. The number of carbonyl (C=O) groups is 1. The van der Waals surface area contributed by atoms with Crippen LogP contribution in [0, 0.1) is 0 Å². The number of aromatic nitrogens is 2. The Morgan fingerprint density at radius 1 is 1.63 bits per heavy atom. The second kappa shape index (κ2) is 8.66. The van der Waals surface area contributed by atoms with Gasteiger partial charge < -0.3 is 19.4 Å². The Bertz CT molecular complexity index is 373. The van der Waals surface area contributed by atoms with Crippen LogP contribution in [-0.2, 0) is 23.0 Å². The van der Waals surface area contributed by atoms with Gasteiger partial charge in [-0.15, -0.1) is 5.10 Å². The Kier molecular flexibility index (Phi) is 7.14. The minimum absolute atomic E-state index is 0.120. The van der Waals surface area contributed by atoms with Gasteiger partial charge in [0.05, 0.1) is 13.2 Å². The van der Waals surface area contributed by atoms with Gasteiger partial charge in [-0.05, 0) is 12.8 Å². The fraction of sp³-hybridized carbons (Fsp3) is 0.692. The summed E-state index contributed by atoms with van der Waals surface area (Å²) in [5.74, 6) is 0.689. The van der Waals surface area contributed by atoms with Gasteiger partial charge in [-0.1, -0.05) is 0 Å². The topological polar surface area (TPSA) is 73.6 Å². The maximum absolute atomic E-state index is 10.3. The van der Waals surface area contributed by atoms with E-state index in [1.54, 1.807) is 4.68 Å². The molecule has 1 N–H and O–H groups in total. The predicted molar refractivity (Wildman–Crippen MR) is 70.2 cm³/mol. The summed E-state index contributed by atoms with van der Waals surface area (Å²) in [4.78, 5) is 10.3. The minimum Gasteiger partial charge on any atom is -0.471 e. The number of aliphatic hydroxyl groups excluding tert-OH is 1. The second-order valence-corrected chi connectivity index (χ2v) is 4.30. The molecule has 0 aromatic carbocycles. The third kappa shape index (κ3) is 5.00. The second-order valence-electron chi connectivity index (χ2n) is 4.30. The third-order valence-corrected chi connectivity index (χ3v) is 2.80. The monoisotopic (exact) mass is 270 g/mol. The molecule has 1 fully saturated rings. The van der Waals surface area contributed by atoms with E-state index in [1.165, 1.54) is 0 Å². The molecule has 1 atom stereocenters. The molecule has 0 saturated carbocycles. The Morgan fingerprint density at radius 3 is 3.05 bits per heavy atom. The molecule has 1 aliphatic rings. The highest BCUT2D eigenvalue weighted by Crippen LogP contribution is 2.21. The summed E-state index contributed by atoms with van der Waals surface area (Å²) >= 11 is 0. The van der Waals surface area contributed by atoms with Crippen LogP contribution < -0.4 is 4.74 Å². The zero-order valence-electron chi connectivity index (χ0n) is 11.5. The summed E-state index contributed by atoms with van der Waals surface area (Å²) in [6.45, 7) is 1.41. The fourth-order valence-electron chi connectivity index (χ4n) is 1.93. The van der Waals surface area contributed by atoms with Crippen LogP contribution in [0.2, 0.25) is 0 Å². The van der Waals surface area contributed by atoms with E-state index in [-0.39, 0.29) is 6.10 Å². The zero-order valence-corrected chi connectivity index (χ0v) is 11.5. The van der Waals surface area contributed by atoms with E-state index in [4.69, 9.17) is 14.6 Å². The SMILES string of the molecule is CO.Cn1cc(CCCC=O)c(OC2CCOC2)n1. The summed E-state index contributed by atoms with van der Waals surface area (Å²) in [5, 5.41) is 11.3. The summed E-state index contributed by atoms with van der Waals surface area (Å²) in [5.41, 5.74) is 1.07. The van der Waals surface area contributed by atoms with E-state index in [2.05, 4.69) is 5.10 Å². The lowest BCUT2D eigenvalue weighted by Gasteiger charge is -2.10. The number of nitrogens with zero attached hydrogens (tertiary/aromatic N) is 2. The van der Waals surface area contributed by atoms with E-state index < -0.39 is 0 Å². The van der Waals surface area contributed by atoms with E-state index in [0.29, 0.717) is 18.9 Å². The van der Waals surface area contributed by atoms with Crippen molar-refractivity contribution in [1.82, 2.24) is 9.78 Å². The van der Waals surface area contributed by atoms with E-state index in [0.717, 1.165) is 44.8 Å². The number of aryl methyl sites for hydroxylation is 2. The first-order valence-corrected chi connectivity index (χ1v) is 6.45. The lowest BCUT2D eigenvalue weighted by atomic mass is 10.1. The number of aliphatic hydroxyl groups is 1. The minimum atomic E-state index is 0.120. The maximum atomic E-state index is 10.3. The zero-order chi connectivity index (χ0) is 14.1. The first kappa shape index (κ1) is 15.7. The number of hydrogen-bond donors (Lipinski definition) is 1. The first-order chi connectivity index (χ1) is 9.29. The van der Waals surface area contributed by atoms with Gasteiger partial charge in [0.1, 0.15) is 12.4 Å². The molecule has 1 aliphatic heterocycles. The molecule has 0 spiro atoms. The van der Waals surface area contributed by atoms with Crippen molar-refractivity contribution in [3.63, 3.8) is 0 Å². The summed E-state index contributed by atoms with van der Waals surface area (Å²) in [6, 6.07) is 0. The van der Waals surface area contributed by atoms with Gasteiger partial charge in [-0.2, -0.15) is 0 Å². The third-order valence-electron chi connectivity index (χ3n) is 2.80. The summed E-state index contributed by atoms with van der Waals surface area (Å²) in [6.07, 6.45) is 6.19. The van der Waals surface area contributed by atoms with Gasteiger partial charge in [0.15, 0.2) is 0 Å². The van der Waals surface area contributed by atoms with Gasteiger partial charge in [0.2, 0.25) is 5.88 Å². The average molecular weight is 270 g/mol. The van der Waals surface area contributed by atoms with Crippen LogP contribution in [0.1, 0.15) is 24.8 Å². The molecule has 0 amide bonds. The van der Waals surface area contributed by atoms with E-state index in [1.807, 2.05) is 13.2 Å². The Morgan fingerprint density at radius 2 is 2.42 bits per heavy atom. The molecule has 0 radical (unpaired) electrons. The molecule has 108 valence electrons. The highest BCUT2D eigenvalue weighted by molar-refractivity contribution is 5.49. The quantitative estimate of drug-likeness (QED) is 0.609. The van der Waals surface area contributed by atoms with Crippen LogP contribution in [0.25, 0.3) is 0 Å². The molecule has 1 aromatic rings. The van der Waals surface area contributed by atoms with Crippen molar-refractivity contribution in [2.24, 2.45) is 7.05 Å². The Balaban J connectivity index is 0.000000861. The molecular formula is C13H22N2O4. The van der Waals surface area contributed by atoms with Crippen molar-refractivity contribution in [2.45, 2.75) is 31.8 Å².